The van der Waals surface area contributed by atoms with Crippen molar-refractivity contribution >= 4 is 23.9 Å². The molecule has 66 heavy (non-hydrogen) atoms. The van der Waals surface area contributed by atoms with Crippen LogP contribution in [0.5, 0.6) is 5.75 Å². The number of methoxy groups -OCH3 is 2. The van der Waals surface area contributed by atoms with E-state index in [2.05, 4.69) is 0 Å². The molecule has 4 aliphatic rings. The van der Waals surface area contributed by atoms with Crippen molar-refractivity contribution in [1.82, 2.24) is 0 Å². The molecule has 10 N–H and O–H groups in total. The number of hydrogen-bond donors (Lipinski definition) is 10. The molecule has 2 saturated heterocycles. The molecule has 366 valence electrons. The van der Waals surface area contributed by atoms with Gasteiger partial charge in [-0.05, 0) is 23.8 Å². The van der Waals surface area contributed by atoms with Gasteiger partial charge >= 0.3 is 23.9 Å². The number of aliphatic hydroxyl groups is 9. The highest BCUT2D eigenvalue weighted by molar-refractivity contribution is 5.91. The first kappa shape index (κ1) is 51.9. The Balaban J connectivity index is 1.40. The molecule has 0 saturated carbocycles. The number of esters is 4. The molecule has 5 rings (SSSR count). The lowest BCUT2D eigenvalue weighted by molar-refractivity contribution is -0.328. The lowest BCUT2D eigenvalue weighted by Gasteiger charge is -2.42. The molecule has 4 aliphatic heterocycles. The van der Waals surface area contributed by atoms with E-state index in [1.165, 1.54) is 18.2 Å². The molecule has 1 aromatic rings. The number of aromatic hydroxyl groups is 1. The van der Waals surface area contributed by atoms with Crippen molar-refractivity contribution in [2.75, 3.05) is 47.3 Å². The minimum absolute atomic E-state index is 0.0332. The third kappa shape index (κ3) is 12.5. The first-order valence-corrected chi connectivity index (χ1v) is 20.5. The zero-order valence-electron chi connectivity index (χ0n) is 35.5. The van der Waals surface area contributed by atoms with Gasteiger partial charge in [0.25, 0.3) is 0 Å². The number of ether oxygens (including phenoxy) is 10. The molecule has 1 aromatic carbocycles. The molecule has 2 fully saturated rings. The van der Waals surface area contributed by atoms with Crippen molar-refractivity contribution in [3.63, 3.8) is 0 Å². The predicted octanol–water partition coefficient (Wildman–Crippen LogP) is -3.66. The Morgan fingerprint density at radius 1 is 0.621 bits per heavy atom. The summed E-state index contributed by atoms with van der Waals surface area (Å²) in [6.45, 7) is -3.09. The van der Waals surface area contributed by atoms with E-state index in [1.54, 1.807) is 12.1 Å². The molecular formula is C42H54O24. The van der Waals surface area contributed by atoms with Crippen LogP contribution in [0.15, 0.2) is 71.2 Å². The van der Waals surface area contributed by atoms with Crippen molar-refractivity contribution < 1.29 is 118 Å². The summed E-state index contributed by atoms with van der Waals surface area (Å²) in [5.41, 5.74) is 0.0413. The number of carbonyl (C=O) groups is 4. The molecule has 0 aromatic heterocycles. The highest BCUT2D eigenvalue weighted by Gasteiger charge is 2.49. The fourth-order valence-corrected chi connectivity index (χ4v) is 7.39. The summed E-state index contributed by atoms with van der Waals surface area (Å²) in [4.78, 5) is 53.0. The van der Waals surface area contributed by atoms with Crippen molar-refractivity contribution in [1.29, 1.82) is 0 Å². The standard InChI is InChI=1S/C42H54O24/c1-57-37(55)25-17-61-39(65-41-35(53)33(51)31(49)27(15-44)63-41)21(7-10-43)23(25)13-30(48)60-12-9-22-24(14-29(47)59-11-8-19-3-5-20(46)6-4-19)26(38(56)58-2)18-62-40(22)66-42-36(54)34(52)32(50)28(16-45)64-42/h3-7,9,17-18,23-24,27-28,31-36,39-46,49-54H,8,10-16H2,1-2H3/b21-7-,22-9+/t23-,24-,27+,28+,31+,32+,33-,34-,35+,36+,39-,40-,41-,42-/m0/s1. The Morgan fingerprint density at radius 3 is 1.52 bits per heavy atom. The predicted molar refractivity (Wildman–Crippen MR) is 213 cm³/mol. The van der Waals surface area contributed by atoms with E-state index in [0.717, 1.165) is 38.4 Å². The number of carbonyl (C=O) groups excluding carboxylic acids is 4. The summed E-state index contributed by atoms with van der Waals surface area (Å²) < 4.78 is 54.5. The lowest BCUT2D eigenvalue weighted by atomic mass is 9.86. The quantitative estimate of drug-likeness (QED) is 0.0385. The molecule has 24 heteroatoms. The minimum atomic E-state index is -1.93. The van der Waals surface area contributed by atoms with Gasteiger partial charge in [0, 0.05) is 29.4 Å². The normalized spacial score (nSPS) is 33.4. The van der Waals surface area contributed by atoms with Crippen LogP contribution in [0.3, 0.4) is 0 Å². The average molecular weight is 943 g/mol. The first-order chi connectivity index (χ1) is 31.6. The van der Waals surface area contributed by atoms with Crippen LogP contribution in [-0.4, -0.2) is 196 Å². The van der Waals surface area contributed by atoms with E-state index in [1.807, 2.05) is 0 Å². The van der Waals surface area contributed by atoms with E-state index in [9.17, 15) is 70.2 Å². The largest absolute Gasteiger partial charge is 0.508 e. The van der Waals surface area contributed by atoms with Gasteiger partial charge in [-0.25, -0.2) is 9.59 Å². The van der Waals surface area contributed by atoms with Crippen molar-refractivity contribution in [2.45, 2.75) is 93.3 Å². The number of phenols is 1. The van der Waals surface area contributed by atoms with E-state index < -0.39 is 149 Å². The number of aliphatic hydroxyl groups excluding tert-OH is 9. The summed E-state index contributed by atoms with van der Waals surface area (Å²) in [6.07, 6.45) is -17.5. The fraction of sp³-hybridized carbons (Fsp3) is 0.571. The summed E-state index contributed by atoms with van der Waals surface area (Å²) >= 11 is 0. The number of phenolic OH excluding ortho intramolecular Hbond substituents is 1. The lowest BCUT2D eigenvalue weighted by Crippen LogP contribution is -2.60. The van der Waals surface area contributed by atoms with Crippen LogP contribution in [0.4, 0.5) is 0 Å². The van der Waals surface area contributed by atoms with Gasteiger partial charge in [-0.3, -0.25) is 9.59 Å². The van der Waals surface area contributed by atoms with E-state index in [-0.39, 0.29) is 41.1 Å². The van der Waals surface area contributed by atoms with Gasteiger partial charge in [-0.1, -0.05) is 18.2 Å². The fourth-order valence-electron chi connectivity index (χ4n) is 7.39. The molecule has 0 aliphatic carbocycles. The van der Waals surface area contributed by atoms with Crippen molar-refractivity contribution in [3.05, 3.63) is 76.8 Å². The first-order valence-electron chi connectivity index (χ1n) is 20.5. The maximum atomic E-state index is 13.7. The molecule has 14 atom stereocenters. The van der Waals surface area contributed by atoms with Gasteiger partial charge < -0.3 is 98.4 Å². The highest BCUT2D eigenvalue weighted by atomic mass is 16.8. The van der Waals surface area contributed by atoms with Crippen LogP contribution in [0, 0.1) is 11.8 Å². The Kier molecular flexibility index (Phi) is 19.0. The van der Waals surface area contributed by atoms with E-state index >= 15 is 0 Å². The van der Waals surface area contributed by atoms with Gasteiger partial charge in [0.1, 0.15) is 61.2 Å². The second-order valence-corrected chi connectivity index (χ2v) is 15.2. The second kappa shape index (κ2) is 24.1. The molecule has 0 radical (unpaired) electrons. The monoisotopic (exact) mass is 942 g/mol. The van der Waals surface area contributed by atoms with E-state index in [0.29, 0.717) is 0 Å². The van der Waals surface area contributed by atoms with Gasteiger partial charge in [0.15, 0.2) is 12.6 Å². The highest BCUT2D eigenvalue weighted by Crippen LogP contribution is 2.38. The van der Waals surface area contributed by atoms with Gasteiger partial charge in [-0.2, -0.15) is 0 Å². The van der Waals surface area contributed by atoms with Crippen LogP contribution in [0.2, 0.25) is 0 Å². The molecule has 24 nitrogen and oxygen atoms in total. The third-order valence-corrected chi connectivity index (χ3v) is 11.0. The summed E-state index contributed by atoms with van der Waals surface area (Å²) in [6, 6.07) is 6.15. The number of rotatable bonds is 18. The van der Waals surface area contributed by atoms with Gasteiger partial charge in [-0.15, -0.1) is 0 Å². The Hall–Kier alpha value is -5.06. The molecule has 0 amide bonds. The van der Waals surface area contributed by atoms with Crippen LogP contribution >= 0.6 is 0 Å². The molecular weight excluding hydrogens is 888 g/mol. The van der Waals surface area contributed by atoms with Crippen LogP contribution in [0.25, 0.3) is 0 Å². The Bertz CT molecular complexity index is 1940. The zero-order chi connectivity index (χ0) is 48.2. The topological polar surface area (TPSA) is 363 Å². The number of benzene rings is 1. The van der Waals surface area contributed by atoms with Gasteiger partial charge in [0.2, 0.25) is 12.6 Å². The smallest absolute Gasteiger partial charge is 0.337 e. The molecule has 0 spiro atoms. The number of hydrogen-bond acceptors (Lipinski definition) is 24. The van der Waals surface area contributed by atoms with Crippen molar-refractivity contribution in [2.24, 2.45) is 11.8 Å². The van der Waals surface area contributed by atoms with E-state index in [4.69, 9.17) is 47.4 Å². The minimum Gasteiger partial charge on any atom is -0.508 e. The van der Waals surface area contributed by atoms with Crippen LogP contribution in [0.1, 0.15) is 18.4 Å². The summed E-state index contributed by atoms with van der Waals surface area (Å²) in [7, 11) is 2.11. The maximum absolute atomic E-state index is 13.7. The summed E-state index contributed by atoms with van der Waals surface area (Å²) in [5.74, 6) is -6.38. The molecule has 0 bridgehead atoms. The van der Waals surface area contributed by atoms with Crippen LogP contribution < -0.4 is 0 Å². The van der Waals surface area contributed by atoms with Crippen LogP contribution in [-0.2, 0) is 73.0 Å². The zero-order valence-corrected chi connectivity index (χ0v) is 35.5. The molecule has 4 heterocycles. The third-order valence-electron chi connectivity index (χ3n) is 11.0. The maximum Gasteiger partial charge on any atom is 0.337 e. The average Bonchev–Trinajstić information content (AvgIpc) is 3.31. The second-order valence-electron chi connectivity index (χ2n) is 15.2. The Labute approximate surface area is 376 Å². The SMILES string of the molecule is COC(=O)C1=CO[C@@H](O[C@@H]2O[C@H](CO)[C@@H](O)[C@H](O)[C@H]2O)/C(=C\CO)[C@@H]1CC(=O)OC/C=C1/[C@H](O[C@@H]2O[C@H](CO)[C@@H](O)[C@H](O)[C@H]2O)OC=C(C(=O)OC)[C@H]1CC(=O)OCCc1ccc(O)cc1. The Morgan fingerprint density at radius 2 is 1.08 bits per heavy atom. The van der Waals surface area contributed by atoms with Crippen molar-refractivity contribution in [3.8, 4) is 5.75 Å². The molecule has 0 unspecified atom stereocenters. The van der Waals surface area contributed by atoms with Gasteiger partial charge in [0.05, 0.1) is 77.2 Å². The summed E-state index contributed by atoms with van der Waals surface area (Å²) in [5, 5.41) is 101.